The molecule has 0 radical (unpaired) electrons. The minimum Gasteiger partial charge on any atom is -0.469 e. The van der Waals surface area contributed by atoms with Crippen LogP contribution in [0.3, 0.4) is 0 Å². The number of methoxy groups -OCH3 is 1. The summed E-state index contributed by atoms with van der Waals surface area (Å²) in [5, 5.41) is 11.0. The first kappa shape index (κ1) is 16.8. The van der Waals surface area contributed by atoms with Crippen molar-refractivity contribution >= 4 is 34.6 Å². The zero-order chi connectivity index (χ0) is 17.8. The van der Waals surface area contributed by atoms with Gasteiger partial charge in [-0.15, -0.1) is 0 Å². The van der Waals surface area contributed by atoms with Crippen LogP contribution in [-0.2, 0) is 14.3 Å². The van der Waals surface area contributed by atoms with Gasteiger partial charge in [0.05, 0.1) is 36.0 Å². The fourth-order valence-electron chi connectivity index (χ4n) is 2.75. The van der Waals surface area contributed by atoms with Crippen molar-refractivity contribution in [1.29, 1.82) is 5.41 Å². The van der Waals surface area contributed by atoms with Gasteiger partial charge in [-0.25, -0.2) is 4.98 Å². The number of esters is 1. The van der Waals surface area contributed by atoms with Crippen LogP contribution in [-0.4, -0.2) is 41.1 Å². The number of aldehydes is 1. The van der Waals surface area contributed by atoms with E-state index in [9.17, 15) is 9.59 Å². The standard InChI is InChI=1S/C18H18N4O3/c1-25-18(24)11-6-12(7-11)20-8-13(14(19)10-23)17-9-21-15-4-2-3-5-16(15)22-17/h2-5,8-12,19-20H,6-7H2,1H3/b13-8+,19-14?. The van der Waals surface area contributed by atoms with Gasteiger partial charge in [0.15, 0.2) is 6.29 Å². The third-order valence-corrected chi connectivity index (χ3v) is 4.27. The van der Waals surface area contributed by atoms with Crippen LogP contribution in [0.15, 0.2) is 36.7 Å². The van der Waals surface area contributed by atoms with Gasteiger partial charge in [-0.1, -0.05) is 12.1 Å². The summed E-state index contributed by atoms with van der Waals surface area (Å²) in [5.41, 5.74) is 2.08. The van der Waals surface area contributed by atoms with Gasteiger partial charge in [0, 0.05) is 17.8 Å². The number of carbonyl (C=O) groups is 2. The minimum absolute atomic E-state index is 0.0923. The van der Waals surface area contributed by atoms with Crippen molar-refractivity contribution in [1.82, 2.24) is 15.3 Å². The van der Waals surface area contributed by atoms with E-state index < -0.39 is 0 Å². The number of aromatic nitrogens is 2. The Bertz CT molecular complexity index is 856. The molecule has 0 bridgehead atoms. The third kappa shape index (κ3) is 3.55. The Hall–Kier alpha value is -3.09. The maximum atomic E-state index is 11.4. The molecule has 0 atom stereocenters. The van der Waals surface area contributed by atoms with Gasteiger partial charge in [-0.05, 0) is 25.0 Å². The van der Waals surface area contributed by atoms with Crippen LogP contribution in [0.25, 0.3) is 16.6 Å². The highest BCUT2D eigenvalue weighted by atomic mass is 16.5. The van der Waals surface area contributed by atoms with Crippen molar-refractivity contribution in [3.63, 3.8) is 0 Å². The Kier molecular flexibility index (Phi) is 4.83. The Labute approximate surface area is 144 Å². The van der Waals surface area contributed by atoms with Crippen LogP contribution >= 0.6 is 0 Å². The topological polar surface area (TPSA) is 105 Å². The second kappa shape index (κ2) is 7.21. The number of nitrogens with one attached hydrogen (secondary N) is 2. The molecule has 25 heavy (non-hydrogen) atoms. The second-order valence-electron chi connectivity index (χ2n) is 5.89. The number of carbonyl (C=O) groups excluding carboxylic acids is 2. The fourth-order valence-corrected chi connectivity index (χ4v) is 2.75. The van der Waals surface area contributed by atoms with Gasteiger partial charge in [-0.3, -0.25) is 20.0 Å². The summed E-state index contributed by atoms with van der Waals surface area (Å²) in [4.78, 5) is 31.3. The van der Waals surface area contributed by atoms with Crippen LogP contribution in [0.1, 0.15) is 18.5 Å². The predicted molar refractivity (Wildman–Crippen MR) is 93.0 cm³/mol. The Morgan fingerprint density at radius 1 is 1.32 bits per heavy atom. The van der Waals surface area contributed by atoms with Crippen LogP contribution < -0.4 is 5.32 Å². The Balaban J connectivity index is 1.78. The third-order valence-electron chi connectivity index (χ3n) is 4.27. The van der Waals surface area contributed by atoms with E-state index in [1.165, 1.54) is 7.11 Å². The summed E-state index contributed by atoms with van der Waals surface area (Å²) in [6.07, 6.45) is 4.95. The lowest BCUT2D eigenvalue weighted by Crippen LogP contribution is -2.42. The van der Waals surface area contributed by atoms with E-state index in [2.05, 4.69) is 15.3 Å². The van der Waals surface area contributed by atoms with Crippen molar-refractivity contribution in [2.45, 2.75) is 18.9 Å². The quantitative estimate of drug-likeness (QED) is 0.472. The number of hydrogen-bond acceptors (Lipinski definition) is 7. The molecule has 0 saturated heterocycles. The first-order valence-electron chi connectivity index (χ1n) is 7.92. The van der Waals surface area contributed by atoms with Gasteiger partial charge in [0.2, 0.25) is 0 Å². The molecule has 1 aromatic carbocycles. The van der Waals surface area contributed by atoms with Crippen molar-refractivity contribution in [3.05, 3.63) is 42.4 Å². The maximum absolute atomic E-state index is 11.4. The number of benzene rings is 1. The molecule has 1 fully saturated rings. The first-order chi connectivity index (χ1) is 12.1. The van der Waals surface area contributed by atoms with Crippen LogP contribution in [0, 0.1) is 11.3 Å². The number of ether oxygens (including phenoxy) is 1. The molecule has 1 saturated carbocycles. The highest BCUT2D eigenvalue weighted by molar-refractivity contribution is 6.47. The van der Waals surface area contributed by atoms with Crippen molar-refractivity contribution in [2.75, 3.05) is 7.11 Å². The molecule has 1 aromatic heterocycles. The lowest BCUT2D eigenvalue weighted by atomic mass is 9.80. The molecule has 0 unspecified atom stereocenters. The fraction of sp³-hybridized carbons (Fsp3) is 0.278. The molecular formula is C18H18N4O3. The number of hydrogen-bond donors (Lipinski definition) is 2. The van der Waals surface area contributed by atoms with Gasteiger partial charge in [-0.2, -0.15) is 0 Å². The predicted octanol–water partition coefficient (Wildman–Crippen LogP) is 1.73. The van der Waals surface area contributed by atoms with E-state index in [1.54, 1.807) is 12.4 Å². The molecule has 1 heterocycles. The van der Waals surface area contributed by atoms with Gasteiger partial charge < -0.3 is 10.1 Å². The Morgan fingerprint density at radius 2 is 2.04 bits per heavy atom. The summed E-state index contributed by atoms with van der Waals surface area (Å²) in [6, 6.07) is 7.51. The maximum Gasteiger partial charge on any atom is 0.308 e. The highest BCUT2D eigenvalue weighted by Crippen LogP contribution is 2.28. The molecule has 1 aliphatic rings. The Morgan fingerprint density at radius 3 is 2.72 bits per heavy atom. The zero-order valence-electron chi connectivity index (χ0n) is 13.7. The number of rotatable bonds is 6. The molecule has 7 heteroatoms. The van der Waals surface area contributed by atoms with E-state index in [0.717, 1.165) is 5.52 Å². The molecule has 2 N–H and O–H groups in total. The van der Waals surface area contributed by atoms with Crippen LogP contribution in [0.5, 0.6) is 0 Å². The molecule has 0 spiro atoms. The molecule has 3 rings (SSSR count). The van der Waals surface area contributed by atoms with Gasteiger partial charge in [0.25, 0.3) is 0 Å². The van der Waals surface area contributed by atoms with E-state index in [1.807, 2.05) is 24.3 Å². The minimum atomic E-state index is -0.205. The highest BCUT2D eigenvalue weighted by Gasteiger charge is 2.34. The molecule has 0 amide bonds. The van der Waals surface area contributed by atoms with E-state index in [0.29, 0.717) is 35.9 Å². The molecule has 0 aliphatic heterocycles. The summed E-state index contributed by atoms with van der Waals surface area (Å²) in [5.74, 6) is -0.298. The van der Waals surface area contributed by atoms with E-state index in [4.69, 9.17) is 10.1 Å². The summed E-state index contributed by atoms with van der Waals surface area (Å²) in [7, 11) is 1.38. The summed E-state index contributed by atoms with van der Waals surface area (Å²) >= 11 is 0. The molecular weight excluding hydrogens is 320 g/mol. The lowest BCUT2D eigenvalue weighted by molar-refractivity contribution is -0.149. The van der Waals surface area contributed by atoms with Crippen molar-refractivity contribution in [2.24, 2.45) is 5.92 Å². The van der Waals surface area contributed by atoms with E-state index in [-0.39, 0.29) is 23.6 Å². The average Bonchev–Trinajstić information content (AvgIpc) is 2.62. The van der Waals surface area contributed by atoms with Crippen molar-refractivity contribution < 1.29 is 14.3 Å². The van der Waals surface area contributed by atoms with Gasteiger partial charge in [0.1, 0.15) is 5.71 Å². The first-order valence-corrected chi connectivity index (χ1v) is 7.92. The van der Waals surface area contributed by atoms with Crippen LogP contribution in [0.2, 0.25) is 0 Å². The van der Waals surface area contributed by atoms with E-state index >= 15 is 0 Å². The number of allylic oxidation sites excluding steroid dienone is 1. The monoisotopic (exact) mass is 338 g/mol. The smallest absolute Gasteiger partial charge is 0.308 e. The van der Waals surface area contributed by atoms with Crippen LogP contribution in [0.4, 0.5) is 0 Å². The molecule has 1 aliphatic carbocycles. The number of fused-ring (bicyclic) bond motifs is 1. The number of para-hydroxylation sites is 2. The second-order valence-corrected chi connectivity index (χ2v) is 5.89. The number of nitrogens with zero attached hydrogens (tertiary/aromatic N) is 2. The zero-order valence-corrected chi connectivity index (χ0v) is 13.7. The van der Waals surface area contributed by atoms with Crippen molar-refractivity contribution in [3.8, 4) is 0 Å². The molecule has 128 valence electrons. The summed E-state index contributed by atoms with van der Waals surface area (Å²) < 4.78 is 4.71. The largest absolute Gasteiger partial charge is 0.469 e. The molecule has 7 nitrogen and oxygen atoms in total. The summed E-state index contributed by atoms with van der Waals surface area (Å²) in [6.45, 7) is 0. The lowest BCUT2D eigenvalue weighted by Gasteiger charge is -2.33. The SMILES string of the molecule is COC(=O)C1CC(N/C=C(\C(=N)C=O)c2cnc3ccccc3n2)C1. The average molecular weight is 338 g/mol. The van der Waals surface area contributed by atoms with Gasteiger partial charge >= 0.3 is 5.97 Å². The normalized spacial score (nSPS) is 19.8. The molecule has 2 aromatic rings.